The molecule has 52 heavy (non-hydrogen) atoms. The molecule has 8 aromatic carbocycles. The van der Waals surface area contributed by atoms with Gasteiger partial charge in [-0.1, -0.05) is 137 Å². The predicted molar refractivity (Wildman–Crippen MR) is 226 cm³/mol. The van der Waals surface area contributed by atoms with Gasteiger partial charge in [-0.25, -0.2) is 0 Å². The monoisotopic (exact) mass is 897 g/mol. The largest absolute Gasteiger partial charge is 0.786 e. The minimum atomic E-state index is -0.139. The summed E-state index contributed by atoms with van der Waals surface area (Å²) in [4.78, 5) is 0. The minimum Gasteiger partial charge on any atom is -0.786 e. The Morgan fingerprint density at radius 3 is 1.44 bits per heavy atom. The van der Waals surface area contributed by atoms with E-state index in [0.29, 0.717) is 5.92 Å². The summed E-state index contributed by atoms with van der Waals surface area (Å²) in [5, 5.41) is 36.5. The Balaban J connectivity index is 0.000000245. The normalized spacial score (nSPS) is 11.5. The summed E-state index contributed by atoms with van der Waals surface area (Å²) in [5.74, 6) is 2.48. The number of hydrogen-bond donors (Lipinski definition) is 2. The smallest absolute Gasteiger partial charge is 0.280 e. The second-order valence-electron chi connectivity index (χ2n) is 12.7. The average molecular weight is 898 g/mol. The molecule has 0 atom stereocenters. The summed E-state index contributed by atoms with van der Waals surface area (Å²) in [7, 11) is 1.97. The van der Waals surface area contributed by atoms with Crippen LogP contribution in [0.1, 0.15) is 61.8 Å². The molecule has 0 unspecified atom stereocenters. The van der Waals surface area contributed by atoms with Crippen LogP contribution < -0.4 is 4.74 Å². The van der Waals surface area contributed by atoms with Gasteiger partial charge in [0.15, 0.2) is 0 Å². The van der Waals surface area contributed by atoms with E-state index in [0.717, 1.165) is 49.7 Å². The van der Waals surface area contributed by atoms with E-state index in [1.165, 1.54) is 27.1 Å². The SMILES string of the molecule is CC.CC(C)c1ccc2ccccc2c1.Oc1ccc2ccc3c(c2c1)C(c1ccc2ccccc2c1)c1c(ccc2ccc(O)cc12)O3.[BiH2].[N-]=P. The third kappa shape index (κ3) is 7.68. The summed E-state index contributed by atoms with van der Waals surface area (Å²) < 4.78 is 6.45. The number of phenolic OH excluding ortho intramolecular Hbond substituents is 2. The van der Waals surface area contributed by atoms with E-state index in [-0.39, 0.29) is 43.6 Å². The molecular formula is C46H43BiNO3P-. The van der Waals surface area contributed by atoms with Gasteiger partial charge in [0, 0.05) is 17.0 Å². The maximum Gasteiger partial charge on any atom is -0.280 e. The zero-order valence-corrected chi connectivity index (χ0v) is 35.3. The number of nitrogens with zero attached hydrogens (tertiary/aromatic N) is 1. The standard InChI is InChI=1S/C31H20O3.C13H14.C2H6.Bi.HNP.2H/c32-23-11-7-19-9-13-27-30(25(19)16-23)29(22-6-5-18-3-1-2-4-21(18)15-22)31-26-17-24(33)12-8-20(26)10-14-28(31)34-27;1-10(2)12-8-7-11-5-3-4-6-13(11)9-12;1-2;;1-2;;/h1-17,29,32-33H;3-10H,1-2H3;1-2H3;;2H;;/q;;;;-1;;. The van der Waals surface area contributed by atoms with Gasteiger partial charge in [0.25, 0.3) is 0 Å². The summed E-state index contributed by atoms with van der Waals surface area (Å²) in [6.45, 7) is 8.45. The van der Waals surface area contributed by atoms with Crippen LogP contribution >= 0.6 is 9.03 Å². The Hall–Kier alpha value is -4.82. The van der Waals surface area contributed by atoms with E-state index in [2.05, 4.69) is 92.7 Å². The Bertz CT molecular complexity index is 2410. The molecule has 9 rings (SSSR count). The van der Waals surface area contributed by atoms with E-state index in [1.807, 2.05) is 77.5 Å². The second kappa shape index (κ2) is 17.1. The molecule has 6 heteroatoms. The molecule has 0 saturated carbocycles. The quantitative estimate of drug-likeness (QED) is 0.134. The van der Waals surface area contributed by atoms with Crippen molar-refractivity contribution >= 4 is 78.3 Å². The van der Waals surface area contributed by atoms with Crippen molar-refractivity contribution in [1.29, 1.82) is 0 Å². The third-order valence-corrected chi connectivity index (χ3v) is 9.36. The fraction of sp³-hybridized carbons (Fsp3) is 0.130. The molecule has 1 radical (unpaired) electrons. The summed E-state index contributed by atoms with van der Waals surface area (Å²) in [5.41, 5.74) is 4.59. The van der Waals surface area contributed by atoms with Crippen molar-refractivity contribution in [2.75, 3.05) is 0 Å². The molecular weight excluding hydrogens is 854 g/mol. The molecule has 0 spiro atoms. The van der Waals surface area contributed by atoms with Gasteiger partial charge in [-0.3, -0.25) is 9.03 Å². The number of aromatic hydroxyl groups is 2. The molecule has 261 valence electrons. The number of benzene rings is 8. The average Bonchev–Trinajstić information content (AvgIpc) is 3.18. The molecule has 4 nitrogen and oxygen atoms in total. The predicted octanol–water partition coefficient (Wildman–Crippen LogP) is 12.8. The molecule has 0 fully saturated rings. The van der Waals surface area contributed by atoms with E-state index < -0.39 is 0 Å². The van der Waals surface area contributed by atoms with E-state index in [4.69, 9.17) is 9.90 Å². The first kappa shape index (κ1) is 38.4. The number of fused-ring (bicyclic) bond motifs is 8. The maximum absolute atomic E-state index is 10.4. The van der Waals surface area contributed by atoms with Crippen molar-refractivity contribution < 1.29 is 14.9 Å². The van der Waals surface area contributed by atoms with Crippen molar-refractivity contribution in [3.05, 3.63) is 173 Å². The summed E-state index contributed by atoms with van der Waals surface area (Å²) in [6, 6.07) is 49.1. The number of hydrogen-bond acceptors (Lipinski definition) is 3. The Morgan fingerprint density at radius 2 is 0.942 bits per heavy atom. The van der Waals surface area contributed by atoms with Crippen LogP contribution in [0.5, 0.6) is 23.0 Å². The molecule has 0 bridgehead atoms. The Labute approximate surface area is 327 Å². The van der Waals surface area contributed by atoms with Crippen LogP contribution in [0, 0.1) is 0 Å². The van der Waals surface area contributed by atoms with Gasteiger partial charge in [-0.2, -0.15) is 0 Å². The van der Waals surface area contributed by atoms with Crippen LogP contribution in [0.15, 0.2) is 146 Å². The van der Waals surface area contributed by atoms with Crippen LogP contribution in [0.25, 0.3) is 48.3 Å². The Kier molecular flexibility index (Phi) is 12.7. The fourth-order valence-electron chi connectivity index (χ4n) is 6.95. The second-order valence-corrected chi connectivity index (χ2v) is 12.7. The van der Waals surface area contributed by atoms with Gasteiger partial charge in [-0.15, -0.1) is 0 Å². The summed E-state index contributed by atoms with van der Waals surface area (Å²) in [6.07, 6.45) is 0. The van der Waals surface area contributed by atoms with E-state index >= 15 is 0 Å². The number of ether oxygens (including phenoxy) is 1. The van der Waals surface area contributed by atoms with Crippen molar-refractivity contribution in [3.8, 4) is 23.0 Å². The molecule has 1 aliphatic heterocycles. The molecule has 0 saturated heterocycles. The zero-order valence-electron chi connectivity index (χ0n) is 29.8. The maximum atomic E-state index is 10.4. The zero-order chi connectivity index (χ0) is 36.1. The topological polar surface area (TPSA) is 72.0 Å². The van der Waals surface area contributed by atoms with Crippen molar-refractivity contribution in [2.45, 2.75) is 39.5 Å². The summed E-state index contributed by atoms with van der Waals surface area (Å²) >= 11 is 0. The number of rotatable bonds is 2. The first-order chi connectivity index (χ1) is 24.9. The van der Waals surface area contributed by atoms with Gasteiger partial charge < -0.3 is 20.1 Å². The van der Waals surface area contributed by atoms with Crippen LogP contribution in [0.2, 0.25) is 0 Å². The van der Waals surface area contributed by atoms with Gasteiger partial charge in [-0.05, 0) is 96.5 Å². The van der Waals surface area contributed by atoms with Crippen LogP contribution in [0.3, 0.4) is 0 Å². The van der Waals surface area contributed by atoms with Crippen LogP contribution in [-0.4, -0.2) is 36.4 Å². The number of phenols is 2. The molecule has 1 heterocycles. The first-order valence-electron chi connectivity index (χ1n) is 17.3. The van der Waals surface area contributed by atoms with Crippen LogP contribution in [-0.2, 0) is 0 Å². The van der Waals surface area contributed by atoms with Crippen molar-refractivity contribution in [3.63, 3.8) is 0 Å². The van der Waals surface area contributed by atoms with E-state index in [1.54, 1.807) is 12.1 Å². The molecule has 1 aliphatic rings. The molecule has 8 aromatic rings. The molecule has 0 aromatic heterocycles. The third-order valence-electron chi connectivity index (χ3n) is 9.36. The molecule has 0 aliphatic carbocycles. The van der Waals surface area contributed by atoms with E-state index in [9.17, 15) is 10.2 Å². The molecule has 2 N–H and O–H groups in total. The van der Waals surface area contributed by atoms with Crippen molar-refractivity contribution in [2.24, 2.45) is 0 Å². The first-order valence-corrected chi connectivity index (χ1v) is 17.8. The van der Waals surface area contributed by atoms with Crippen LogP contribution in [0.4, 0.5) is 0 Å². The molecule has 0 amide bonds. The van der Waals surface area contributed by atoms with Gasteiger partial charge in [0.1, 0.15) is 23.0 Å². The van der Waals surface area contributed by atoms with Gasteiger partial charge in [0.2, 0.25) is 0 Å². The fourth-order valence-corrected chi connectivity index (χ4v) is 6.95. The Morgan fingerprint density at radius 1 is 0.519 bits per heavy atom. The van der Waals surface area contributed by atoms with Crippen molar-refractivity contribution in [1.82, 2.24) is 0 Å². The van der Waals surface area contributed by atoms with Gasteiger partial charge >= 0.3 is 26.2 Å². The van der Waals surface area contributed by atoms with Gasteiger partial charge in [0.05, 0.1) is 0 Å². The minimum absolute atomic E-state index is 0.